The molecule has 20 heavy (non-hydrogen) atoms. The quantitative estimate of drug-likeness (QED) is 0.885. The highest BCUT2D eigenvalue weighted by molar-refractivity contribution is 6.00. The summed E-state index contributed by atoms with van der Waals surface area (Å²) < 4.78 is 5.11. The van der Waals surface area contributed by atoms with Crippen LogP contribution in [0.4, 0.5) is 5.69 Å². The lowest BCUT2D eigenvalue weighted by Gasteiger charge is -2.10. The molecule has 1 aliphatic carbocycles. The highest BCUT2D eigenvalue weighted by Crippen LogP contribution is 2.58. The molecule has 1 aromatic carbocycles. The fourth-order valence-corrected chi connectivity index (χ4v) is 2.70. The number of amides is 1. The van der Waals surface area contributed by atoms with Gasteiger partial charge in [0.1, 0.15) is 5.75 Å². The zero-order chi connectivity index (χ0) is 15.1. The molecular formula is C15H19NO4. The van der Waals surface area contributed by atoms with E-state index in [1.165, 1.54) is 0 Å². The molecule has 0 aromatic heterocycles. The Morgan fingerprint density at radius 2 is 1.95 bits per heavy atom. The topological polar surface area (TPSA) is 75.6 Å². The third-order valence-electron chi connectivity index (χ3n) is 4.07. The maximum Gasteiger partial charge on any atom is 0.307 e. The van der Waals surface area contributed by atoms with Gasteiger partial charge in [0.15, 0.2) is 0 Å². The van der Waals surface area contributed by atoms with E-state index in [-0.39, 0.29) is 5.91 Å². The molecule has 1 saturated carbocycles. The average molecular weight is 277 g/mol. The third-order valence-corrected chi connectivity index (χ3v) is 4.07. The number of nitrogens with one attached hydrogen (secondary N) is 1. The summed E-state index contributed by atoms with van der Waals surface area (Å²) in [5.74, 6) is -1.53. The summed E-state index contributed by atoms with van der Waals surface area (Å²) in [4.78, 5) is 23.3. The number of carbonyl (C=O) groups excluding carboxylic acids is 1. The van der Waals surface area contributed by atoms with Crippen LogP contribution in [0.3, 0.4) is 0 Å². The molecule has 0 radical (unpaired) electrons. The summed E-state index contributed by atoms with van der Waals surface area (Å²) in [6.07, 6.45) is 0. The summed E-state index contributed by atoms with van der Waals surface area (Å²) in [6.45, 7) is 5.47. The number of carboxylic acid groups (broad SMARTS) is 1. The van der Waals surface area contributed by atoms with E-state index in [0.717, 1.165) is 11.3 Å². The van der Waals surface area contributed by atoms with E-state index in [2.05, 4.69) is 5.32 Å². The second-order valence-electron chi connectivity index (χ2n) is 5.79. The van der Waals surface area contributed by atoms with Crippen molar-refractivity contribution in [3.8, 4) is 5.75 Å². The van der Waals surface area contributed by atoms with E-state index >= 15 is 0 Å². The van der Waals surface area contributed by atoms with E-state index in [4.69, 9.17) is 9.84 Å². The molecule has 0 saturated heterocycles. The Bertz CT molecular complexity index is 565. The van der Waals surface area contributed by atoms with Crippen molar-refractivity contribution in [1.82, 2.24) is 0 Å². The molecule has 2 atom stereocenters. The molecule has 1 fully saturated rings. The number of ether oxygens (including phenoxy) is 1. The number of carboxylic acids is 1. The van der Waals surface area contributed by atoms with Crippen molar-refractivity contribution >= 4 is 17.6 Å². The molecule has 0 spiro atoms. The van der Waals surface area contributed by atoms with Crippen LogP contribution in [-0.4, -0.2) is 24.1 Å². The van der Waals surface area contributed by atoms with Crippen LogP contribution in [0, 0.1) is 24.2 Å². The molecule has 108 valence electrons. The van der Waals surface area contributed by atoms with Crippen molar-refractivity contribution in [1.29, 1.82) is 0 Å². The van der Waals surface area contributed by atoms with Gasteiger partial charge in [-0.15, -0.1) is 0 Å². The fraction of sp³-hybridized carbons (Fsp3) is 0.467. The van der Waals surface area contributed by atoms with Gasteiger partial charge in [0.25, 0.3) is 0 Å². The second kappa shape index (κ2) is 4.81. The molecule has 2 rings (SSSR count). The molecule has 2 N–H and O–H groups in total. The Labute approximate surface area is 117 Å². The predicted octanol–water partition coefficient (Wildman–Crippen LogP) is 2.30. The van der Waals surface area contributed by atoms with Crippen molar-refractivity contribution in [2.75, 3.05) is 12.4 Å². The summed E-state index contributed by atoms with van der Waals surface area (Å²) in [5.41, 5.74) is 1.07. The Morgan fingerprint density at radius 3 is 2.40 bits per heavy atom. The van der Waals surface area contributed by atoms with Crippen molar-refractivity contribution < 1.29 is 19.4 Å². The third kappa shape index (κ3) is 2.35. The van der Waals surface area contributed by atoms with Gasteiger partial charge in [-0.05, 0) is 36.1 Å². The first-order valence-corrected chi connectivity index (χ1v) is 6.47. The number of rotatable bonds is 4. The lowest BCUT2D eigenvalue weighted by Crippen LogP contribution is -2.18. The van der Waals surface area contributed by atoms with Gasteiger partial charge in [-0.2, -0.15) is 0 Å². The average Bonchev–Trinajstić information content (AvgIpc) is 2.95. The van der Waals surface area contributed by atoms with Crippen LogP contribution in [0.1, 0.15) is 19.4 Å². The summed E-state index contributed by atoms with van der Waals surface area (Å²) in [7, 11) is 1.58. The Morgan fingerprint density at radius 1 is 1.30 bits per heavy atom. The van der Waals surface area contributed by atoms with Crippen molar-refractivity contribution in [2.45, 2.75) is 20.8 Å². The Hall–Kier alpha value is -2.04. The van der Waals surface area contributed by atoms with Gasteiger partial charge in [0, 0.05) is 5.69 Å². The first-order valence-electron chi connectivity index (χ1n) is 6.47. The van der Waals surface area contributed by atoms with E-state index in [0.29, 0.717) is 5.69 Å². The van der Waals surface area contributed by atoms with Gasteiger partial charge in [-0.3, -0.25) is 9.59 Å². The highest BCUT2D eigenvalue weighted by atomic mass is 16.5. The van der Waals surface area contributed by atoms with Crippen LogP contribution in [0.2, 0.25) is 0 Å². The normalized spacial score (nSPS) is 23.0. The van der Waals surface area contributed by atoms with Crippen LogP contribution in [0.25, 0.3) is 0 Å². The van der Waals surface area contributed by atoms with Crippen LogP contribution in [-0.2, 0) is 9.59 Å². The van der Waals surface area contributed by atoms with Crippen molar-refractivity contribution in [3.63, 3.8) is 0 Å². The van der Waals surface area contributed by atoms with Crippen molar-refractivity contribution in [3.05, 3.63) is 23.8 Å². The molecule has 0 aliphatic heterocycles. The maximum absolute atomic E-state index is 12.2. The second-order valence-corrected chi connectivity index (χ2v) is 5.79. The number of aryl methyl sites for hydroxylation is 1. The van der Waals surface area contributed by atoms with E-state index in [1.54, 1.807) is 33.1 Å². The Kier molecular flexibility index (Phi) is 3.46. The standard InChI is InChI=1S/C15H19NO4/c1-8-7-9(20-4)5-6-10(8)16-13(17)11-12(14(18)19)15(11,2)3/h5-7,11-12H,1-4H3,(H,16,17)(H,18,19). The SMILES string of the molecule is COc1ccc(NC(=O)C2C(C(=O)O)C2(C)C)c(C)c1. The van der Waals surface area contributed by atoms with Crippen LogP contribution >= 0.6 is 0 Å². The van der Waals surface area contributed by atoms with Crippen LogP contribution < -0.4 is 10.1 Å². The number of hydrogen-bond donors (Lipinski definition) is 2. The molecule has 1 amide bonds. The summed E-state index contributed by atoms with van der Waals surface area (Å²) >= 11 is 0. The number of benzene rings is 1. The zero-order valence-corrected chi connectivity index (χ0v) is 12.1. The predicted molar refractivity (Wildman–Crippen MR) is 74.8 cm³/mol. The van der Waals surface area contributed by atoms with Gasteiger partial charge in [0.2, 0.25) is 5.91 Å². The molecule has 2 unspecified atom stereocenters. The molecular weight excluding hydrogens is 258 g/mol. The number of anilines is 1. The first-order chi connectivity index (χ1) is 9.28. The van der Waals surface area contributed by atoms with Crippen LogP contribution in [0.5, 0.6) is 5.75 Å². The zero-order valence-electron chi connectivity index (χ0n) is 12.1. The van der Waals surface area contributed by atoms with Gasteiger partial charge < -0.3 is 15.2 Å². The number of methoxy groups -OCH3 is 1. The molecule has 5 nitrogen and oxygen atoms in total. The largest absolute Gasteiger partial charge is 0.497 e. The minimum atomic E-state index is -0.915. The van der Waals surface area contributed by atoms with Gasteiger partial charge >= 0.3 is 5.97 Å². The molecule has 1 aromatic rings. The summed E-state index contributed by atoms with van der Waals surface area (Å²) in [6, 6.07) is 5.34. The van der Waals surface area contributed by atoms with E-state index in [1.807, 2.05) is 13.0 Å². The number of hydrogen-bond acceptors (Lipinski definition) is 3. The smallest absolute Gasteiger partial charge is 0.307 e. The molecule has 5 heteroatoms. The van der Waals surface area contributed by atoms with E-state index < -0.39 is 23.2 Å². The molecule has 0 bridgehead atoms. The minimum Gasteiger partial charge on any atom is -0.497 e. The Balaban J connectivity index is 2.12. The van der Waals surface area contributed by atoms with Gasteiger partial charge in [-0.25, -0.2) is 0 Å². The monoisotopic (exact) mass is 277 g/mol. The molecule has 0 heterocycles. The van der Waals surface area contributed by atoms with E-state index in [9.17, 15) is 9.59 Å². The summed E-state index contributed by atoms with van der Waals surface area (Å²) in [5, 5.41) is 11.9. The van der Waals surface area contributed by atoms with Crippen LogP contribution in [0.15, 0.2) is 18.2 Å². The number of aliphatic carboxylic acids is 1. The van der Waals surface area contributed by atoms with Gasteiger partial charge in [-0.1, -0.05) is 13.8 Å². The minimum absolute atomic E-state index is 0.240. The van der Waals surface area contributed by atoms with Gasteiger partial charge in [0.05, 0.1) is 18.9 Å². The highest BCUT2D eigenvalue weighted by Gasteiger charge is 2.65. The van der Waals surface area contributed by atoms with Crippen molar-refractivity contribution in [2.24, 2.45) is 17.3 Å². The molecule has 1 aliphatic rings. The maximum atomic E-state index is 12.2. The number of carbonyl (C=O) groups is 2. The fourth-order valence-electron chi connectivity index (χ4n) is 2.70. The lowest BCUT2D eigenvalue weighted by atomic mass is 10.1. The lowest BCUT2D eigenvalue weighted by molar-refractivity contribution is -0.140. The first kappa shape index (κ1) is 14.4.